The quantitative estimate of drug-likeness (QED) is 0.331. The van der Waals surface area contributed by atoms with Gasteiger partial charge in [-0.05, 0) is 82.4 Å². The number of ether oxygens (including phenoxy) is 3. The third-order valence-corrected chi connectivity index (χ3v) is 7.96. The number of thiazole rings is 1. The van der Waals surface area contributed by atoms with Gasteiger partial charge in [-0.2, -0.15) is 0 Å². The molecule has 0 saturated heterocycles. The summed E-state index contributed by atoms with van der Waals surface area (Å²) in [7, 11) is 0. The summed E-state index contributed by atoms with van der Waals surface area (Å²) >= 11 is 5.32. The van der Waals surface area contributed by atoms with Crippen molar-refractivity contribution in [3.05, 3.63) is 69.7 Å². The molecule has 0 amide bonds. The fraction of sp³-hybridized carbons (Fsp3) is 0.231. The summed E-state index contributed by atoms with van der Waals surface area (Å²) in [6.07, 6.45) is 5.33. The average Bonchev–Trinajstić information content (AvgIpc) is 3.49. The molecule has 0 spiro atoms. The van der Waals surface area contributed by atoms with E-state index in [0.717, 1.165) is 61.2 Å². The summed E-state index contributed by atoms with van der Waals surface area (Å²) in [5.41, 5.74) is 5.14. The fourth-order valence-corrected chi connectivity index (χ4v) is 5.91. The van der Waals surface area contributed by atoms with Crippen LogP contribution in [0.15, 0.2) is 48.0 Å². The second-order valence-electron chi connectivity index (χ2n) is 8.13. The maximum absolute atomic E-state index is 10.9. The molecule has 8 heteroatoms. The van der Waals surface area contributed by atoms with E-state index in [1.807, 2.05) is 18.2 Å². The second kappa shape index (κ2) is 9.64. The molecule has 0 bridgehead atoms. The molecule has 0 radical (unpaired) electrons. The number of hydrogen-bond acceptors (Lipinski definition) is 7. The predicted molar refractivity (Wildman–Crippen MR) is 138 cm³/mol. The first-order chi connectivity index (χ1) is 16.6. The number of anilines is 1. The van der Waals surface area contributed by atoms with Crippen molar-refractivity contribution in [1.82, 2.24) is 4.98 Å². The Balaban J connectivity index is 1.47. The summed E-state index contributed by atoms with van der Waals surface area (Å²) in [4.78, 5) is 16.6. The van der Waals surface area contributed by atoms with Gasteiger partial charge in [0.1, 0.15) is 5.01 Å². The van der Waals surface area contributed by atoms with Crippen molar-refractivity contribution in [1.29, 1.82) is 0 Å². The molecule has 1 aliphatic heterocycles. The van der Waals surface area contributed by atoms with Gasteiger partial charge < -0.3 is 19.5 Å². The van der Waals surface area contributed by atoms with Crippen LogP contribution in [0.2, 0.25) is 0 Å². The number of hydrogen-bond donors (Lipinski definition) is 1. The fourth-order valence-electron chi connectivity index (χ4n) is 4.50. The van der Waals surface area contributed by atoms with Crippen molar-refractivity contribution < 1.29 is 19.0 Å². The molecule has 2 aromatic carbocycles. The molecule has 2 aliphatic rings. The SMILES string of the molecule is C=Cc1nc(-c2ccc(NC3c4cc5c(cc4CCC3COC=O)OCO5)c(Br)c2)sc1C=C. The summed E-state index contributed by atoms with van der Waals surface area (Å²) < 4.78 is 17.3. The number of benzene rings is 2. The van der Waals surface area contributed by atoms with E-state index in [2.05, 4.69) is 51.5 Å². The Labute approximate surface area is 210 Å². The van der Waals surface area contributed by atoms with E-state index in [1.165, 1.54) is 5.56 Å². The molecule has 6 nitrogen and oxygen atoms in total. The molecule has 1 aliphatic carbocycles. The van der Waals surface area contributed by atoms with Crippen LogP contribution in [0.5, 0.6) is 11.5 Å². The number of aromatic nitrogens is 1. The van der Waals surface area contributed by atoms with Crippen LogP contribution in [0.25, 0.3) is 22.7 Å². The molecular formula is C26H23BrN2O4S. The second-order valence-corrected chi connectivity index (χ2v) is 10.0. The van der Waals surface area contributed by atoms with Gasteiger partial charge in [0.15, 0.2) is 11.5 Å². The number of fused-ring (bicyclic) bond motifs is 2. The molecule has 0 saturated carbocycles. The van der Waals surface area contributed by atoms with E-state index in [1.54, 1.807) is 23.5 Å². The van der Waals surface area contributed by atoms with Crippen LogP contribution in [-0.2, 0) is 16.0 Å². The zero-order valence-corrected chi connectivity index (χ0v) is 20.8. The van der Waals surface area contributed by atoms with E-state index in [9.17, 15) is 4.79 Å². The first-order valence-electron chi connectivity index (χ1n) is 10.9. The predicted octanol–water partition coefficient (Wildman–Crippen LogP) is 6.48. The lowest BCUT2D eigenvalue weighted by molar-refractivity contribution is -0.130. The topological polar surface area (TPSA) is 69.7 Å². The number of rotatable bonds is 8. The van der Waals surface area contributed by atoms with E-state index < -0.39 is 0 Å². The van der Waals surface area contributed by atoms with Crippen LogP contribution >= 0.6 is 27.3 Å². The summed E-state index contributed by atoms with van der Waals surface area (Å²) in [5.74, 6) is 1.65. The smallest absolute Gasteiger partial charge is 0.293 e. The van der Waals surface area contributed by atoms with Gasteiger partial charge in [0.05, 0.1) is 23.2 Å². The molecule has 5 rings (SSSR count). The van der Waals surface area contributed by atoms with Crippen molar-refractivity contribution in [3.8, 4) is 22.1 Å². The van der Waals surface area contributed by atoms with Crippen LogP contribution in [0, 0.1) is 5.92 Å². The summed E-state index contributed by atoms with van der Waals surface area (Å²) in [5, 5.41) is 4.59. The number of carbonyl (C=O) groups is 1. The van der Waals surface area contributed by atoms with Crippen LogP contribution in [0.3, 0.4) is 0 Å². The number of aryl methyl sites for hydroxylation is 1. The first kappa shape index (κ1) is 22.7. The molecule has 2 heterocycles. The van der Waals surface area contributed by atoms with E-state index in [4.69, 9.17) is 14.2 Å². The van der Waals surface area contributed by atoms with Crippen LogP contribution in [0.1, 0.15) is 34.2 Å². The largest absolute Gasteiger partial charge is 0.468 e. The van der Waals surface area contributed by atoms with Gasteiger partial charge in [-0.25, -0.2) is 4.98 Å². The van der Waals surface area contributed by atoms with Crippen LogP contribution in [0.4, 0.5) is 5.69 Å². The Kier molecular flexibility index (Phi) is 6.43. The van der Waals surface area contributed by atoms with E-state index in [0.29, 0.717) is 13.1 Å². The van der Waals surface area contributed by atoms with Gasteiger partial charge in [0, 0.05) is 21.6 Å². The third-order valence-electron chi connectivity index (χ3n) is 6.19. The number of nitrogens with one attached hydrogen (secondary N) is 1. The minimum Gasteiger partial charge on any atom is -0.468 e. The lowest BCUT2D eigenvalue weighted by atomic mass is 9.79. The lowest BCUT2D eigenvalue weighted by Crippen LogP contribution is -2.30. The first-order valence-corrected chi connectivity index (χ1v) is 12.5. The van der Waals surface area contributed by atoms with E-state index >= 15 is 0 Å². The van der Waals surface area contributed by atoms with Gasteiger partial charge in [-0.3, -0.25) is 4.79 Å². The van der Waals surface area contributed by atoms with Crippen molar-refractivity contribution in [2.75, 3.05) is 18.7 Å². The minimum atomic E-state index is -0.0556. The molecule has 2 unspecified atom stereocenters. The number of nitrogens with zero attached hydrogens (tertiary/aromatic N) is 1. The average molecular weight is 539 g/mol. The van der Waals surface area contributed by atoms with Gasteiger partial charge in [-0.15, -0.1) is 11.3 Å². The van der Waals surface area contributed by atoms with Gasteiger partial charge in [-0.1, -0.05) is 13.2 Å². The van der Waals surface area contributed by atoms with Crippen LogP contribution < -0.4 is 14.8 Å². The zero-order valence-electron chi connectivity index (χ0n) is 18.4. The zero-order chi connectivity index (χ0) is 23.7. The van der Waals surface area contributed by atoms with Gasteiger partial charge in [0.25, 0.3) is 6.47 Å². The molecule has 1 N–H and O–H groups in total. The highest BCUT2D eigenvalue weighted by atomic mass is 79.9. The Morgan fingerprint density at radius 3 is 2.74 bits per heavy atom. The summed E-state index contributed by atoms with van der Waals surface area (Å²) in [6, 6.07) is 10.2. The highest BCUT2D eigenvalue weighted by Gasteiger charge is 2.33. The summed E-state index contributed by atoms with van der Waals surface area (Å²) in [6.45, 7) is 8.80. The Morgan fingerprint density at radius 2 is 2.03 bits per heavy atom. The number of carbonyl (C=O) groups excluding carboxylic acids is 1. The third kappa shape index (κ3) is 4.23. The monoisotopic (exact) mass is 538 g/mol. The normalized spacial score (nSPS) is 18.1. The number of halogens is 1. The minimum absolute atomic E-state index is 0.0556. The molecule has 0 fully saturated rings. The van der Waals surface area contributed by atoms with Crippen molar-refractivity contribution in [2.45, 2.75) is 18.9 Å². The Morgan fingerprint density at radius 1 is 1.21 bits per heavy atom. The Bertz CT molecular complexity index is 1250. The van der Waals surface area contributed by atoms with Gasteiger partial charge >= 0.3 is 0 Å². The maximum Gasteiger partial charge on any atom is 0.293 e. The van der Waals surface area contributed by atoms with Gasteiger partial charge in [0.2, 0.25) is 6.79 Å². The van der Waals surface area contributed by atoms with Crippen LogP contribution in [-0.4, -0.2) is 24.9 Å². The molecule has 1 aromatic heterocycles. The van der Waals surface area contributed by atoms with Crippen molar-refractivity contribution in [3.63, 3.8) is 0 Å². The van der Waals surface area contributed by atoms with Crippen molar-refractivity contribution >= 4 is 51.6 Å². The highest BCUT2D eigenvalue weighted by molar-refractivity contribution is 9.10. The molecular weight excluding hydrogens is 516 g/mol. The standard InChI is InChI=1S/C26H23BrN2O4S/c1-3-20-24(4-2)34-26(29-20)16-7-8-21(19(27)9-16)28-25-17(12-31-13-30)6-5-15-10-22-23(11-18(15)25)33-14-32-22/h3-4,7-11,13,17,25,28H,1-2,5-6,12,14H2. The Hall–Kier alpha value is -3.10. The lowest BCUT2D eigenvalue weighted by Gasteiger charge is -2.34. The molecule has 174 valence electrons. The molecule has 3 aromatic rings. The van der Waals surface area contributed by atoms with E-state index in [-0.39, 0.29) is 18.8 Å². The molecule has 34 heavy (non-hydrogen) atoms. The van der Waals surface area contributed by atoms with Crippen molar-refractivity contribution in [2.24, 2.45) is 5.92 Å². The highest BCUT2D eigenvalue weighted by Crippen LogP contribution is 2.45. The molecule has 2 atom stereocenters. The maximum atomic E-state index is 10.9.